The summed E-state index contributed by atoms with van der Waals surface area (Å²) in [5.41, 5.74) is -0.231. The normalized spacial score (nSPS) is 15.1. The summed E-state index contributed by atoms with van der Waals surface area (Å²) < 4.78 is 5.05. The maximum absolute atomic E-state index is 11.4. The minimum atomic E-state index is -0.231. The number of methoxy groups -OCH3 is 1. The van der Waals surface area contributed by atoms with Gasteiger partial charge in [-0.15, -0.1) is 0 Å². The molecule has 1 N–H and O–H groups in total. The van der Waals surface area contributed by atoms with Crippen LogP contribution >= 0.6 is 0 Å². The summed E-state index contributed by atoms with van der Waals surface area (Å²) in [4.78, 5) is 20.0. The minimum absolute atomic E-state index is 0.231. The number of anilines is 1. The molecule has 1 aromatic rings. The number of hydrogen-bond donors (Lipinski definition) is 1. The second kappa shape index (κ2) is 3.92. The van der Waals surface area contributed by atoms with Crippen LogP contribution in [0.5, 0.6) is 5.75 Å². The number of H-pyrrole nitrogens is 1. The molecule has 0 spiro atoms. The van der Waals surface area contributed by atoms with Crippen LogP contribution in [0.15, 0.2) is 11.1 Å². The van der Waals surface area contributed by atoms with Gasteiger partial charge in [0.1, 0.15) is 0 Å². The molecule has 5 heteroatoms. The standard InChI is InChI=1S/C10H15N3O2/c1-13(5-7-3-4-7)9-8(15-2)10(14)12-6-11-9/h6-7H,3-5H2,1-2H3,(H,11,12,14). The van der Waals surface area contributed by atoms with Crippen LogP contribution in [-0.2, 0) is 0 Å². The molecule has 0 radical (unpaired) electrons. The maximum Gasteiger partial charge on any atom is 0.295 e. The first-order valence-electron chi connectivity index (χ1n) is 5.05. The highest BCUT2D eigenvalue weighted by molar-refractivity contribution is 5.50. The molecule has 15 heavy (non-hydrogen) atoms. The first-order chi connectivity index (χ1) is 7.22. The highest BCUT2D eigenvalue weighted by Gasteiger charge is 2.25. The lowest BCUT2D eigenvalue weighted by Gasteiger charge is -2.19. The molecule has 1 aliphatic rings. The summed E-state index contributed by atoms with van der Waals surface area (Å²) in [5, 5.41) is 0. The fraction of sp³-hybridized carbons (Fsp3) is 0.600. The lowest BCUT2D eigenvalue weighted by Crippen LogP contribution is -2.24. The highest BCUT2D eigenvalue weighted by Crippen LogP contribution is 2.31. The van der Waals surface area contributed by atoms with Gasteiger partial charge in [0.25, 0.3) is 5.56 Å². The number of hydrogen-bond acceptors (Lipinski definition) is 4. The SMILES string of the molecule is COc1c(N(C)CC2CC2)nc[nH]c1=O. The summed E-state index contributed by atoms with van der Waals surface area (Å²) in [6.45, 7) is 0.937. The van der Waals surface area contributed by atoms with Gasteiger partial charge in [0.2, 0.25) is 5.75 Å². The Bertz CT molecular complexity index is 398. The molecule has 0 amide bonds. The van der Waals surface area contributed by atoms with Gasteiger partial charge in [-0.3, -0.25) is 4.79 Å². The van der Waals surface area contributed by atoms with Crippen molar-refractivity contribution in [3.63, 3.8) is 0 Å². The zero-order valence-electron chi connectivity index (χ0n) is 8.99. The maximum atomic E-state index is 11.4. The zero-order valence-corrected chi connectivity index (χ0v) is 8.99. The Morgan fingerprint density at radius 1 is 1.67 bits per heavy atom. The summed E-state index contributed by atoms with van der Waals surface area (Å²) in [6.07, 6.45) is 3.95. The summed E-state index contributed by atoms with van der Waals surface area (Å²) in [6, 6.07) is 0. The van der Waals surface area contributed by atoms with E-state index in [1.807, 2.05) is 11.9 Å². The van der Waals surface area contributed by atoms with Crippen molar-refractivity contribution < 1.29 is 4.74 Å². The van der Waals surface area contributed by atoms with Crippen LogP contribution in [-0.4, -0.2) is 30.7 Å². The molecule has 82 valence electrons. The van der Waals surface area contributed by atoms with Crippen LogP contribution < -0.4 is 15.2 Å². The molecule has 1 aromatic heterocycles. The predicted molar refractivity (Wildman–Crippen MR) is 57.4 cm³/mol. The smallest absolute Gasteiger partial charge is 0.295 e. The van der Waals surface area contributed by atoms with Gasteiger partial charge in [-0.25, -0.2) is 4.98 Å². The summed E-state index contributed by atoms with van der Waals surface area (Å²) in [7, 11) is 3.42. The molecule has 1 heterocycles. The third-order valence-corrected chi connectivity index (χ3v) is 2.59. The lowest BCUT2D eigenvalue weighted by atomic mass is 10.3. The largest absolute Gasteiger partial charge is 0.489 e. The second-order valence-corrected chi connectivity index (χ2v) is 3.91. The van der Waals surface area contributed by atoms with E-state index in [2.05, 4.69) is 9.97 Å². The Balaban J connectivity index is 2.24. The Labute approximate surface area is 88.1 Å². The molecule has 0 aromatic carbocycles. The van der Waals surface area contributed by atoms with Crippen molar-refractivity contribution >= 4 is 5.82 Å². The number of nitrogens with one attached hydrogen (secondary N) is 1. The van der Waals surface area contributed by atoms with Crippen LogP contribution in [0.4, 0.5) is 5.82 Å². The molecule has 1 aliphatic carbocycles. The fourth-order valence-corrected chi connectivity index (χ4v) is 1.61. The van der Waals surface area contributed by atoms with Gasteiger partial charge in [-0.2, -0.15) is 0 Å². The molecule has 2 rings (SSSR count). The third kappa shape index (κ3) is 2.11. The fourth-order valence-electron chi connectivity index (χ4n) is 1.61. The van der Waals surface area contributed by atoms with Crippen molar-refractivity contribution in [1.29, 1.82) is 0 Å². The molecule has 0 bridgehead atoms. The number of ether oxygens (including phenoxy) is 1. The van der Waals surface area contributed by atoms with Crippen LogP contribution in [0.25, 0.3) is 0 Å². The van der Waals surface area contributed by atoms with Gasteiger partial charge in [-0.1, -0.05) is 0 Å². The second-order valence-electron chi connectivity index (χ2n) is 3.91. The number of aromatic nitrogens is 2. The molecular weight excluding hydrogens is 194 g/mol. The average molecular weight is 209 g/mol. The van der Waals surface area contributed by atoms with E-state index in [-0.39, 0.29) is 5.56 Å². The van der Waals surface area contributed by atoms with Crippen LogP contribution in [0.2, 0.25) is 0 Å². The molecule has 0 unspecified atom stereocenters. The number of nitrogens with zero attached hydrogens (tertiary/aromatic N) is 2. The monoisotopic (exact) mass is 209 g/mol. The first kappa shape index (κ1) is 10.0. The van der Waals surface area contributed by atoms with Crippen molar-refractivity contribution in [1.82, 2.24) is 9.97 Å². The molecule has 1 saturated carbocycles. The Hall–Kier alpha value is -1.52. The Morgan fingerprint density at radius 2 is 2.40 bits per heavy atom. The van der Waals surface area contributed by atoms with E-state index in [9.17, 15) is 4.79 Å². The molecular formula is C10H15N3O2. The van der Waals surface area contributed by atoms with Crippen LogP contribution in [0, 0.1) is 5.92 Å². The van der Waals surface area contributed by atoms with E-state index < -0.39 is 0 Å². The number of rotatable bonds is 4. The van der Waals surface area contributed by atoms with Gasteiger partial charge >= 0.3 is 0 Å². The van der Waals surface area contributed by atoms with Crippen molar-refractivity contribution in [2.24, 2.45) is 5.92 Å². The van der Waals surface area contributed by atoms with E-state index >= 15 is 0 Å². The summed E-state index contributed by atoms with van der Waals surface area (Å²) in [5.74, 6) is 1.66. The van der Waals surface area contributed by atoms with Crippen molar-refractivity contribution in [3.8, 4) is 5.75 Å². The van der Waals surface area contributed by atoms with Crippen LogP contribution in [0.1, 0.15) is 12.8 Å². The minimum Gasteiger partial charge on any atom is -0.489 e. The van der Waals surface area contributed by atoms with Crippen molar-refractivity contribution in [2.45, 2.75) is 12.8 Å². The lowest BCUT2D eigenvalue weighted by molar-refractivity contribution is 0.406. The van der Waals surface area contributed by atoms with E-state index in [0.717, 1.165) is 12.5 Å². The van der Waals surface area contributed by atoms with Crippen molar-refractivity contribution in [2.75, 3.05) is 25.6 Å². The van der Waals surface area contributed by atoms with Gasteiger partial charge in [0.05, 0.1) is 13.4 Å². The zero-order chi connectivity index (χ0) is 10.8. The van der Waals surface area contributed by atoms with Crippen molar-refractivity contribution in [3.05, 3.63) is 16.7 Å². The molecule has 0 saturated heterocycles. The van der Waals surface area contributed by atoms with E-state index in [1.54, 1.807) is 0 Å². The van der Waals surface area contributed by atoms with E-state index in [0.29, 0.717) is 11.6 Å². The molecule has 0 atom stereocenters. The van der Waals surface area contributed by atoms with Gasteiger partial charge < -0.3 is 14.6 Å². The Morgan fingerprint density at radius 3 is 3.00 bits per heavy atom. The Kier molecular flexibility index (Phi) is 2.62. The number of aromatic amines is 1. The van der Waals surface area contributed by atoms with Gasteiger partial charge in [-0.05, 0) is 18.8 Å². The molecule has 0 aliphatic heterocycles. The van der Waals surface area contributed by atoms with E-state index in [4.69, 9.17) is 4.74 Å². The predicted octanol–water partition coefficient (Wildman–Crippen LogP) is 0.625. The average Bonchev–Trinajstić information content (AvgIpc) is 3.01. The topological polar surface area (TPSA) is 58.2 Å². The summed E-state index contributed by atoms with van der Waals surface area (Å²) >= 11 is 0. The molecule has 5 nitrogen and oxygen atoms in total. The van der Waals surface area contributed by atoms with Gasteiger partial charge in [0, 0.05) is 13.6 Å². The first-order valence-corrected chi connectivity index (χ1v) is 5.05. The van der Waals surface area contributed by atoms with Gasteiger partial charge in [0.15, 0.2) is 5.82 Å². The quantitative estimate of drug-likeness (QED) is 0.790. The highest BCUT2D eigenvalue weighted by atomic mass is 16.5. The third-order valence-electron chi connectivity index (χ3n) is 2.59. The van der Waals surface area contributed by atoms with E-state index in [1.165, 1.54) is 26.3 Å². The van der Waals surface area contributed by atoms with Crippen LogP contribution in [0.3, 0.4) is 0 Å². The molecule has 1 fully saturated rings.